The van der Waals surface area contributed by atoms with Crippen LogP contribution in [0.25, 0.3) is 0 Å². The summed E-state index contributed by atoms with van der Waals surface area (Å²) in [7, 11) is 0. The van der Waals surface area contributed by atoms with Gasteiger partial charge in [-0.05, 0) is 29.3 Å². The van der Waals surface area contributed by atoms with Gasteiger partial charge in [-0.2, -0.15) is 0 Å². The highest BCUT2D eigenvalue weighted by molar-refractivity contribution is 6.28. The fourth-order valence-electron chi connectivity index (χ4n) is 1.02. The van der Waals surface area contributed by atoms with E-state index in [-0.39, 0.29) is 5.28 Å². The van der Waals surface area contributed by atoms with Gasteiger partial charge in [0.1, 0.15) is 6.33 Å². The first kappa shape index (κ1) is 8.19. The van der Waals surface area contributed by atoms with Gasteiger partial charge in [0, 0.05) is 12.4 Å². The van der Waals surface area contributed by atoms with Crippen molar-refractivity contribution in [3.05, 3.63) is 41.7 Å². The summed E-state index contributed by atoms with van der Waals surface area (Å²) in [4.78, 5) is 7.74. The first-order valence-corrected chi connectivity index (χ1v) is 4.16. The normalized spacial score (nSPS) is 10.2. The van der Waals surface area contributed by atoms with Crippen LogP contribution < -0.4 is 0 Å². The highest BCUT2D eigenvalue weighted by Crippen LogP contribution is 2.01. The molecule has 0 aliphatic carbocycles. The lowest BCUT2D eigenvalue weighted by Crippen LogP contribution is -1.99. The van der Waals surface area contributed by atoms with Crippen molar-refractivity contribution in [3.8, 4) is 0 Å². The van der Waals surface area contributed by atoms with Gasteiger partial charge < -0.3 is 0 Å². The summed E-state index contributed by atoms with van der Waals surface area (Å²) in [6.07, 6.45) is 5.09. The van der Waals surface area contributed by atoms with Gasteiger partial charge in [-0.15, -0.1) is 5.10 Å². The number of rotatable bonds is 2. The molecule has 0 saturated carbocycles. The third kappa shape index (κ3) is 2.03. The van der Waals surface area contributed by atoms with Crippen LogP contribution in [-0.2, 0) is 6.54 Å². The summed E-state index contributed by atoms with van der Waals surface area (Å²) >= 11 is 5.57. The van der Waals surface area contributed by atoms with Crippen LogP contribution >= 0.6 is 11.6 Å². The van der Waals surface area contributed by atoms with Gasteiger partial charge in [0.15, 0.2) is 0 Å². The smallest absolute Gasteiger partial charge is 0.242 e. The lowest BCUT2D eigenvalue weighted by Gasteiger charge is -1.98. The maximum atomic E-state index is 5.57. The van der Waals surface area contributed by atoms with Crippen molar-refractivity contribution in [1.29, 1.82) is 0 Å². The van der Waals surface area contributed by atoms with Crippen molar-refractivity contribution in [2.75, 3.05) is 0 Å². The molecule has 2 rings (SSSR count). The van der Waals surface area contributed by atoms with Gasteiger partial charge in [0.05, 0.1) is 6.54 Å². The zero-order chi connectivity index (χ0) is 9.10. The maximum Gasteiger partial charge on any atom is 0.242 e. The molecule has 13 heavy (non-hydrogen) atoms. The summed E-state index contributed by atoms with van der Waals surface area (Å²) in [6, 6.07) is 3.85. The maximum absolute atomic E-state index is 5.57. The zero-order valence-electron chi connectivity index (χ0n) is 6.76. The lowest BCUT2D eigenvalue weighted by atomic mass is 10.3. The molecular formula is C8H7ClN4. The molecule has 4 nitrogen and oxygen atoms in total. The second-order valence-corrected chi connectivity index (χ2v) is 2.90. The molecule has 2 aromatic heterocycles. The monoisotopic (exact) mass is 194 g/mol. The van der Waals surface area contributed by atoms with E-state index in [4.69, 9.17) is 11.6 Å². The molecule has 0 aliphatic rings. The fourth-order valence-corrected chi connectivity index (χ4v) is 1.16. The standard InChI is InChI=1S/C8H7ClN4/c9-8-11-6-13(12-8)5-7-1-3-10-4-2-7/h1-4,6H,5H2. The van der Waals surface area contributed by atoms with Crippen LogP contribution in [0.5, 0.6) is 0 Å². The van der Waals surface area contributed by atoms with Gasteiger partial charge in [-0.3, -0.25) is 4.98 Å². The van der Waals surface area contributed by atoms with Crippen molar-refractivity contribution in [1.82, 2.24) is 19.7 Å². The first-order chi connectivity index (χ1) is 6.34. The molecule has 0 spiro atoms. The van der Waals surface area contributed by atoms with E-state index < -0.39 is 0 Å². The molecule has 2 aromatic rings. The Hall–Kier alpha value is -1.42. The minimum Gasteiger partial charge on any atom is -0.265 e. The fraction of sp³-hybridized carbons (Fsp3) is 0.125. The SMILES string of the molecule is Clc1ncn(Cc2ccncc2)n1. The average molecular weight is 195 g/mol. The van der Waals surface area contributed by atoms with Crippen LogP contribution in [0.3, 0.4) is 0 Å². The van der Waals surface area contributed by atoms with Gasteiger partial charge in [-0.1, -0.05) is 0 Å². The number of hydrogen-bond donors (Lipinski definition) is 0. The molecule has 0 radical (unpaired) electrons. The number of pyridine rings is 1. The summed E-state index contributed by atoms with van der Waals surface area (Å²) < 4.78 is 1.68. The predicted molar refractivity (Wildman–Crippen MR) is 48.4 cm³/mol. The molecule has 0 atom stereocenters. The van der Waals surface area contributed by atoms with Crippen LogP contribution in [0.1, 0.15) is 5.56 Å². The molecule has 0 fully saturated rings. The molecule has 0 amide bonds. The molecule has 0 aromatic carbocycles. The minimum absolute atomic E-state index is 0.272. The molecule has 0 N–H and O–H groups in total. The quantitative estimate of drug-likeness (QED) is 0.726. The number of aromatic nitrogens is 4. The third-order valence-corrected chi connectivity index (χ3v) is 1.78. The van der Waals surface area contributed by atoms with E-state index in [1.807, 2.05) is 12.1 Å². The topological polar surface area (TPSA) is 43.6 Å². The number of hydrogen-bond acceptors (Lipinski definition) is 3. The summed E-state index contributed by atoms with van der Waals surface area (Å²) in [5.41, 5.74) is 1.12. The second kappa shape index (κ2) is 3.53. The Morgan fingerprint density at radius 3 is 2.69 bits per heavy atom. The van der Waals surface area contributed by atoms with Crippen LogP contribution in [0.2, 0.25) is 5.28 Å². The van der Waals surface area contributed by atoms with Gasteiger partial charge in [-0.25, -0.2) is 9.67 Å². The van der Waals surface area contributed by atoms with Crippen LogP contribution in [0.15, 0.2) is 30.9 Å². The predicted octanol–water partition coefficient (Wildman–Crippen LogP) is 1.37. The Labute approximate surface area is 80.2 Å². The summed E-state index contributed by atoms with van der Waals surface area (Å²) in [5, 5.41) is 4.23. The van der Waals surface area contributed by atoms with Crippen molar-refractivity contribution < 1.29 is 0 Å². The van der Waals surface area contributed by atoms with Gasteiger partial charge >= 0.3 is 0 Å². The van der Waals surface area contributed by atoms with E-state index in [9.17, 15) is 0 Å². The van der Waals surface area contributed by atoms with E-state index >= 15 is 0 Å². The molecule has 2 heterocycles. The van der Waals surface area contributed by atoms with Crippen molar-refractivity contribution in [3.63, 3.8) is 0 Å². The molecule has 0 saturated heterocycles. The lowest BCUT2D eigenvalue weighted by molar-refractivity contribution is 0.684. The highest BCUT2D eigenvalue weighted by atomic mass is 35.5. The van der Waals surface area contributed by atoms with Crippen LogP contribution in [0, 0.1) is 0 Å². The Morgan fingerprint density at radius 2 is 2.08 bits per heavy atom. The van der Waals surface area contributed by atoms with E-state index in [0.717, 1.165) is 5.56 Å². The Kier molecular flexibility index (Phi) is 2.23. The van der Waals surface area contributed by atoms with Crippen molar-refractivity contribution in [2.45, 2.75) is 6.54 Å². The molecule has 0 unspecified atom stereocenters. The minimum atomic E-state index is 0.272. The largest absolute Gasteiger partial charge is 0.265 e. The Morgan fingerprint density at radius 1 is 1.31 bits per heavy atom. The van der Waals surface area contributed by atoms with Crippen molar-refractivity contribution in [2.24, 2.45) is 0 Å². The van der Waals surface area contributed by atoms with Gasteiger partial charge in [0.2, 0.25) is 5.28 Å². The summed E-state index contributed by atoms with van der Waals surface area (Å²) in [5.74, 6) is 0. The van der Waals surface area contributed by atoms with Crippen LogP contribution in [-0.4, -0.2) is 19.7 Å². The van der Waals surface area contributed by atoms with Crippen LogP contribution in [0.4, 0.5) is 0 Å². The molecule has 0 aliphatic heterocycles. The van der Waals surface area contributed by atoms with Gasteiger partial charge in [0.25, 0.3) is 0 Å². The number of nitrogens with zero attached hydrogens (tertiary/aromatic N) is 4. The zero-order valence-corrected chi connectivity index (χ0v) is 7.52. The van der Waals surface area contributed by atoms with E-state index in [1.165, 1.54) is 0 Å². The van der Waals surface area contributed by atoms with E-state index in [0.29, 0.717) is 6.54 Å². The molecular weight excluding hydrogens is 188 g/mol. The molecule has 0 bridgehead atoms. The highest BCUT2D eigenvalue weighted by Gasteiger charge is 1.97. The average Bonchev–Trinajstić information content (AvgIpc) is 2.53. The van der Waals surface area contributed by atoms with E-state index in [1.54, 1.807) is 23.4 Å². The Bertz CT molecular complexity index is 384. The second-order valence-electron chi connectivity index (χ2n) is 2.57. The Balaban J connectivity index is 2.15. The number of halogens is 1. The third-order valence-electron chi connectivity index (χ3n) is 1.60. The molecule has 5 heteroatoms. The first-order valence-electron chi connectivity index (χ1n) is 3.78. The summed E-state index contributed by atoms with van der Waals surface area (Å²) in [6.45, 7) is 0.669. The van der Waals surface area contributed by atoms with E-state index in [2.05, 4.69) is 15.1 Å². The molecule has 66 valence electrons. The van der Waals surface area contributed by atoms with Crippen molar-refractivity contribution >= 4 is 11.6 Å².